The topological polar surface area (TPSA) is 30.5 Å². The van der Waals surface area contributed by atoms with Gasteiger partial charge in [0.25, 0.3) is 0 Å². The predicted molar refractivity (Wildman–Crippen MR) is 85.3 cm³/mol. The molecule has 0 aliphatic heterocycles. The van der Waals surface area contributed by atoms with Crippen molar-refractivity contribution in [2.45, 2.75) is 26.1 Å². The summed E-state index contributed by atoms with van der Waals surface area (Å²) >= 11 is 0. The van der Waals surface area contributed by atoms with Gasteiger partial charge in [-0.25, -0.2) is 8.78 Å². The maximum absolute atomic E-state index is 13.7. The second-order valence-corrected chi connectivity index (χ2v) is 5.36. The molecule has 0 unspecified atom stereocenters. The van der Waals surface area contributed by atoms with Gasteiger partial charge in [0.2, 0.25) is 0 Å². The Hall–Kier alpha value is -1.98. The first-order valence-electron chi connectivity index (χ1n) is 7.38. The quantitative estimate of drug-likeness (QED) is 0.837. The zero-order valence-corrected chi connectivity index (χ0v) is 13.5. The van der Waals surface area contributed by atoms with Crippen LogP contribution in [0.4, 0.5) is 8.78 Å². The van der Waals surface area contributed by atoms with E-state index in [0.717, 1.165) is 11.1 Å². The summed E-state index contributed by atoms with van der Waals surface area (Å²) in [5, 5.41) is 3.30. The maximum Gasteiger partial charge on any atom is 0.165 e. The highest BCUT2D eigenvalue weighted by Crippen LogP contribution is 2.22. The molecular formula is C18H21F2NO2. The molecule has 0 radical (unpaired) electrons. The van der Waals surface area contributed by atoms with Crippen LogP contribution in [0.1, 0.15) is 29.7 Å². The van der Waals surface area contributed by atoms with Crippen molar-refractivity contribution in [2.75, 3.05) is 14.2 Å². The van der Waals surface area contributed by atoms with E-state index < -0.39 is 0 Å². The summed E-state index contributed by atoms with van der Waals surface area (Å²) < 4.78 is 37.2. The average molecular weight is 321 g/mol. The summed E-state index contributed by atoms with van der Waals surface area (Å²) in [4.78, 5) is 0. The molecule has 23 heavy (non-hydrogen) atoms. The Morgan fingerprint density at radius 3 is 2.48 bits per heavy atom. The lowest BCUT2D eigenvalue weighted by Gasteiger charge is -2.16. The number of halogens is 2. The zero-order chi connectivity index (χ0) is 16.8. The number of benzene rings is 2. The monoisotopic (exact) mass is 321 g/mol. The van der Waals surface area contributed by atoms with Crippen molar-refractivity contribution < 1.29 is 18.3 Å². The van der Waals surface area contributed by atoms with Crippen molar-refractivity contribution in [3.8, 4) is 5.75 Å². The van der Waals surface area contributed by atoms with Gasteiger partial charge in [0.1, 0.15) is 5.82 Å². The van der Waals surface area contributed by atoms with Crippen LogP contribution in [-0.4, -0.2) is 14.2 Å². The Bertz CT molecular complexity index is 661. The van der Waals surface area contributed by atoms with Gasteiger partial charge in [0, 0.05) is 25.3 Å². The third-order valence-corrected chi connectivity index (χ3v) is 3.70. The van der Waals surface area contributed by atoms with Gasteiger partial charge >= 0.3 is 0 Å². The SMILES string of the molecule is COCc1cc(CN[C@H](C)c2ccc(OC)c(F)c2)ccc1F. The van der Waals surface area contributed by atoms with E-state index in [1.54, 1.807) is 18.2 Å². The first kappa shape index (κ1) is 17.4. The molecule has 0 aliphatic carbocycles. The largest absolute Gasteiger partial charge is 0.494 e. The number of nitrogens with one attached hydrogen (secondary N) is 1. The van der Waals surface area contributed by atoms with E-state index in [1.807, 2.05) is 13.0 Å². The van der Waals surface area contributed by atoms with Crippen LogP contribution in [0, 0.1) is 11.6 Å². The predicted octanol–water partition coefficient (Wildman–Crippen LogP) is 3.97. The van der Waals surface area contributed by atoms with E-state index in [2.05, 4.69) is 5.32 Å². The number of hydrogen-bond donors (Lipinski definition) is 1. The van der Waals surface area contributed by atoms with Gasteiger partial charge < -0.3 is 14.8 Å². The molecular weight excluding hydrogens is 300 g/mol. The van der Waals surface area contributed by atoms with Crippen LogP contribution in [0.25, 0.3) is 0 Å². The fourth-order valence-corrected chi connectivity index (χ4v) is 2.34. The lowest BCUT2D eigenvalue weighted by Crippen LogP contribution is -2.18. The molecule has 2 rings (SSSR count). The molecule has 1 atom stereocenters. The lowest BCUT2D eigenvalue weighted by molar-refractivity contribution is 0.181. The number of hydrogen-bond acceptors (Lipinski definition) is 3. The van der Waals surface area contributed by atoms with Crippen LogP contribution in [0.3, 0.4) is 0 Å². The fraction of sp³-hybridized carbons (Fsp3) is 0.333. The first-order chi connectivity index (χ1) is 11.0. The number of methoxy groups -OCH3 is 2. The van der Waals surface area contributed by atoms with E-state index in [9.17, 15) is 8.78 Å². The maximum atomic E-state index is 13.7. The molecule has 0 spiro atoms. The number of rotatable bonds is 7. The van der Waals surface area contributed by atoms with E-state index in [0.29, 0.717) is 12.1 Å². The van der Waals surface area contributed by atoms with Crippen LogP contribution in [-0.2, 0) is 17.9 Å². The summed E-state index contributed by atoms with van der Waals surface area (Å²) in [6, 6.07) is 9.76. The smallest absolute Gasteiger partial charge is 0.165 e. The average Bonchev–Trinajstić information content (AvgIpc) is 2.55. The molecule has 5 heteroatoms. The zero-order valence-electron chi connectivity index (χ0n) is 13.5. The molecule has 0 saturated carbocycles. The lowest BCUT2D eigenvalue weighted by atomic mass is 10.1. The van der Waals surface area contributed by atoms with Crippen molar-refractivity contribution in [1.29, 1.82) is 0 Å². The third kappa shape index (κ3) is 4.50. The molecule has 0 aromatic heterocycles. The molecule has 1 N–H and O–H groups in total. The van der Waals surface area contributed by atoms with Gasteiger partial charge in [-0.2, -0.15) is 0 Å². The van der Waals surface area contributed by atoms with Gasteiger partial charge in [0.05, 0.1) is 13.7 Å². The highest BCUT2D eigenvalue weighted by molar-refractivity contribution is 5.31. The Morgan fingerprint density at radius 2 is 1.83 bits per heavy atom. The second-order valence-electron chi connectivity index (χ2n) is 5.36. The molecule has 3 nitrogen and oxygen atoms in total. The van der Waals surface area contributed by atoms with Gasteiger partial charge in [-0.3, -0.25) is 0 Å². The Kier molecular flexibility index (Phi) is 6.07. The first-order valence-corrected chi connectivity index (χ1v) is 7.38. The molecule has 124 valence electrons. The second kappa shape index (κ2) is 8.04. The van der Waals surface area contributed by atoms with E-state index >= 15 is 0 Å². The molecule has 0 bridgehead atoms. The van der Waals surface area contributed by atoms with Crippen molar-refractivity contribution in [2.24, 2.45) is 0 Å². The van der Waals surface area contributed by atoms with Crippen molar-refractivity contribution in [3.05, 3.63) is 64.7 Å². The van der Waals surface area contributed by atoms with Crippen LogP contribution in [0.5, 0.6) is 5.75 Å². The van der Waals surface area contributed by atoms with Gasteiger partial charge in [-0.05, 0) is 42.3 Å². The summed E-state index contributed by atoms with van der Waals surface area (Å²) in [5.74, 6) is -0.438. The normalized spacial score (nSPS) is 12.2. The van der Waals surface area contributed by atoms with Crippen LogP contribution >= 0.6 is 0 Å². The van der Waals surface area contributed by atoms with Crippen molar-refractivity contribution in [3.63, 3.8) is 0 Å². The highest BCUT2D eigenvalue weighted by Gasteiger charge is 2.10. The van der Waals surface area contributed by atoms with Crippen molar-refractivity contribution >= 4 is 0 Å². The van der Waals surface area contributed by atoms with E-state index in [1.165, 1.54) is 26.4 Å². The molecule has 0 saturated heterocycles. The number of ether oxygens (including phenoxy) is 2. The van der Waals surface area contributed by atoms with Gasteiger partial charge in [0.15, 0.2) is 11.6 Å². The molecule has 0 amide bonds. The highest BCUT2D eigenvalue weighted by atomic mass is 19.1. The summed E-state index contributed by atoms with van der Waals surface area (Å²) in [6.45, 7) is 2.73. The van der Waals surface area contributed by atoms with Gasteiger partial charge in [-0.1, -0.05) is 12.1 Å². The summed E-state index contributed by atoms with van der Waals surface area (Å²) in [5.41, 5.74) is 2.29. The molecule has 0 heterocycles. The van der Waals surface area contributed by atoms with Crippen LogP contribution in [0.2, 0.25) is 0 Å². The summed E-state index contributed by atoms with van der Waals surface area (Å²) in [6.07, 6.45) is 0. The van der Waals surface area contributed by atoms with Crippen LogP contribution < -0.4 is 10.1 Å². The minimum Gasteiger partial charge on any atom is -0.494 e. The fourth-order valence-electron chi connectivity index (χ4n) is 2.34. The standard InChI is InChI=1S/C18H21F2NO2/c1-12(14-5-7-18(23-3)17(20)9-14)21-10-13-4-6-16(19)15(8-13)11-22-2/h4-9,12,21H,10-11H2,1-3H3/t12-/m1/s1. The minimum absolute atomic E-state index is 0.0497. The molecule has 2 aromatic rings. The minimum atomic E-state index is -0.386. The van der Waals surface area contributed by atoms with E-state index in [4.69, 9.17) is 9.47 Å². The Morgan fingerprint density at radius 1 is 1.04 bits per heavy atom. The van der Waals surface area contributed by atoms with Crippen molar-refractivity contribution in [1.82, 2.24) is 5.32 Å². The molecule has 0 fully saturated rings. The molecule has 2 aromatic carbocycles. The van der Waals surface area contributed by atoms with Crippen LogP contribution in [0.15, 0.2) is 36.4 Å². The molecule has 0 aliphatic rings. The van der Waals surface area contributed by atoms with Gasteiger partial charge in [-0.15, -0.1) is 0 Å². The Labute approximate surface area is 135 Å². The summed E-state index contributed by atoms with van der Waals surface area (Å²) in [7, 11) is 2.97. The van der Waals surface area contributed by atoms with E-state index in [-0.39, 0.29) is 30.0 Å². The third-order valence-electron chi connectivity index (χ3n) is 3.70. The Balaban J connectivity index is 2.02.